The van der Waals surface area contributed by atoms with E-state index in [-0.39, 0.29) is 12.1 Å². The van der Waals surface area contributed by atoms with Crippen LogP contribution < -0.4 is 9.64 Å². The third-order valence-electron chi connectivity index (χ3n) is 7.62. The number of rotatable bonds is 4. The van der Waals surface area contributed by atoms with Crippen LogP contribution in [0.15, 0.2) is 66.9 Å². The molecule has 0 spiro atoms. The van der Waals surface area contributed by atoms with Crippen molar-refractivity contribution < 1.29 is 9.53 Å². The fourth-order valence-corrected chi connectivity index (χ4v) is 4.94. The van der Waals surface area contributed by atoms with E-state index in [1.807, 2.05) is 45.4 Å². The van der Waals surface area contributed by atoms with E-state index in [4.69, 9.17) is 4.74 Å². The molecule has 2 atom stereocenters. The number of pyridine rings is 1. The Hall–Kier alpha value is -3.42. The average Bonchev–Trinajstić information content (AvgIpc) is 3.06. The monoisotopic (exact) mass is 515 g/mol. The van der Waals surface area contributed by atoms with Crippen molar-refractivity contribution in [2.75, 3.05) is 59.3 Å². The molecule has 202 valence electrons. The number of ether oxygens (including phenoxy) is 1. The molecule has 1 aromatic heterocycles. The minimum atomic E-state index is -0.327. The molecule has 0 saturated carbocycles. The molecule has 1 saturated heterocycles. The molecular formula is C31H41N5O2. The molecule has 7 nitrogen and oxygen atoms in total. The van der Waals surface area contributed by atoms with Crippen LogP contribution in [-0.4, -0.2) is 80.1 Å². The molecule has 0 aliphatic carbocycles. The first-order valence-electron chi connectivity index (χ1n) is 13.4. The lowest BCUT2D eigenvalue weighted by molar-refractivity contribution is 0.165. The van der Waals surface area contributed by atoms with Gasteiger partial charge in [-0.1, -0.05) is 42.5 Å². The lowest BCUT2D eigenvalue weighted by Gasteiger charge is -2.41. The number of aromatic nitrogens is 1. The molecule has 2 aliphatic heterocycles. The van der Waals surface area contributed by atoms with E-state index in [1.54, 1.807) is 13.1 Å². The van der Waals surface area contributed by atoms with Gasteiger partial charge in [0.25, 0.3) is 0 Å². The van der Waals surface area contributed by atoms with Gasteiger partial charge in [0.2, 0.25) is 0 Å². The number of hydrogen-bond acceptors (Lipinski definition) is 6. The Morgan fingerprint density at radius 3 is 2.58 bits per heavy atom. The molecule has 3 aromatic rings. The van der Waals surface area contributed by atoms with E-state index in [0.717, 1.165) is 31.6 Å². The van der Waals surface area contributed by atoms with E-state index in [9.17, 15) is 4.79 Å². The summed E-state index contributed by atoms with van der Waals surface area (Å²) in [6, 6.07) is 21.5. The molecule has 7 heteroatoms. The number of benzene rings is 2. The number of fused-ring (bicyclic) bond motifs is 5. The van der Waals surface area contributed by atoms with Gasteiger partial charge in [-0.25, -0.2) is 9.78 Å². The van der Waals surface area contributed by atoms with Crippen molar-refractivity contribution in [3.63, 3.8) is 0 Å². The summed E-state index contributed by atoms with van der Waals surface area (Å²) in [5.74, 6) is 1.77. The highest BCUT2D eigenvalue weighted by atomic mass is 16.6. The molecule has 38 heavy (non-hydrogen) atoms. The van der Waals surface area contributed by atoms with Crippen molar-refractivity contribution in [1.29, 1.82) is 0 Å². The van der Waals surface area contributed by atoms with Crippen LogP contribution >= 0.6 is 0 Å². The predicted octanol–water partition coefficient (Wildman–Crippen LogP) is 5.24. The SMILES string of the molecule is CCN(C)C(=O)Oc1cccc([C@H](C)N(C)C)c1.CN1CCN2c3ncccc3Cc3ccccc3C2C1. The van der Waals surface area contributed by atoms with Crippen LogP contribution in [0.4, 0.5) is 10.6 Å². The largest absolute Gasteiger partial charge is 0.414 e. The van der Waals surface area contributed by atoms with Crippen LogP contribution in [0, 0.1) is 0 Å². The maximum atomic E-state index is 11.7. The Morgan fingerprint density at radius 2 is 1.82 bits per heavy atom. The Labute approximate surface area is 227 Å². The third kappa shape index (κ3) is 6.34. The highest BCUT2D eigenvalue weighted by molar-refractivity contribution is 5.70. The van der Waals surface area contributed by atoms with Crippen molar-refractivity contribution in [3.8, 4) is 5.75 Å². The number of likely N-dealkylation sites (N-methyl/N-ethyl adjacent to an activating group) is 1. The second kappa shape index (κ2) is 12.4. The predicted molar refractivity (Wildman–Crippen MR) is 154 cm³/mol. The standard InChI is InChI=1S/C17H19N3.C14H22N2O2/c1-19-9-10-20-16(12-19)15-7-3-2-5-13(15)11-14-6-4-8-18-17(14)20;1-6-16(5)14(17)18-13-9-7-8-12(10-13)11(2)15(3)4/h2-8,16H,9-12H2,1H3;7-11H,6H2,1-5H3/t;11-/m.0/s1. The highest BCUT2D eigenvalue weighted by Crippen LogP contribution is 2.37. The minimum absolute atomic E-state index is 0.285. The van der Waals surface area contributed by atoms with Gasteiger partial charge in [0, 0.05) is 51.9 Å². The van der Waals surface area contributed by atoms with Gasteiger partial charge in [-0.3, -0.25) is 0 Å². The Kier molecular flexibility index (Phi) is 9.02. The summed E-state index contributed by atoms with van der Waals surface area (Å²) >= 11 is 0. The maximum absolute atomic E-state index is 11.7. The van der Waals surface area contributed by atoms with Gasteiger partial charge in [0.1, 0.15) is 11.6 Å². The molecule has 3 heterocycles. The number of carbonyl (C=O) groups is 1. The summed E-state index contributed by atoms with van der Waals surface area (Å²) in [5.41, 5.74) is 5.40. The van der Waals surface area contributed by atoms with Crippen LogP contribution in [0.2, 0.25) is 0 Å². The quantitative estimate of drug-likeness (QED) is 0.474. The van der Waals surface area contributed by atoms with Gasteiger partial charge in [-0.05, 0) is 75.4 Å². The van der Waals surface area contributed by atoms with Gasteiger partial charge in [0.15, 0.2) is 0 Å². The van der Waals surface area contributed by atoms with Crippen molar-refractivity contribution >= 4 is 11.9 Å². The molecular weight excluding hydrogens is 474 g/mol. The lowest BCUT2D eigenvalue weighted by Crippen LogP contribution is -2.47. The molecule has 2 aromatic carbocycles. The fraction of sp³-hybridized carbons (Fsp3) is 0.419. The number of anilines is 1. The Morgan fingerprint density at radius 1 is 1.05 bits per heavy atom. The van der Waals surface area contributed by atoms with Crippen LogP contribution in [-0.2, 0) is 6.42 Å². The van der Waals surface area contributed by atoms with Crippen molar-refractivity contribution in [1.82, 2.24) is 19.7 Å². The number of piperazine rings is 1. The zero-order valence-corrected chi connectivity index (χ0v) is 23.6. The molecule has 5 rings (SSSR count). The third-order valence-corrected chi connectivity index (χ3v) is 7.62. The first kappa shape index (κ1) is 27.6. The van der Waals surface area contributed by atoms with Gasteiger partial charge in [-0.2, -0.15) is 0 Å². The maximum Gasteiger partial charge on any atom is 0.414 e. The summed E-state index contributed by atoms with van der Waals surface area (Å²) in [4.78, 5) is 24.9. The van der Waals surface area contributed by atoms with Gasteiger partial charge >= 0.3 is 6.09 Å². The van der Waals surface area contributed by atoms with Gasteiger partial charge < -0.3 is 24.3 Å². The summed E-state index contributed by atoms with van der Waals surface area (Å²) < 4.78 is 5.31. The van der Waals surface area contributed by atoms with E-state index < -0.39 is 0 Å². The smallest absolute Gasteiger partial charge is 0.410 e. The topological polar surface area (TPSA) is 52.2 Å². The second-order valence-corrected chi connectivity index (χ2v) is 10.4. The normalized spacial score (nSPS) is 17.2. The number of hydrogen-bond donors (Lipinski definition) is 0. The van der Waals surface area contributed by atoms with Crippen molar-refractivity contribution in [2.24, 2.45) is 0 Å². The van der Waals surface area contributed by atoms with E-state index in [2.05, 4.69) is 70.1 Å². The van der Waals surface area contributed by atoms with Crippen LogP contribution in [0.25, 0.3) is 0 Å². The molecule has 0 N–H and O–H groups in total. The molecule has 1 unspecified atom stereocenters. The number of amides is 1. The Bertz CT molecular complexity index is 1230. The molecule has 0 bridgehead atoms. The Balaban J connectivity index is 0.000000179. The lowest BCUT2D eigenvalue weighted by atomic mass is 9.96. The minimum Gasteiger partial charge on any atom is -0.410 e. The number of nitrogens with zero attached hydrogens (tertiary/aromatic N) is 5. The van der Waals surface area contributed by atoms with Crippen molar-refractivity contribution in [3.05, 3.63) is 89.1 Å². The van der Waals surface area contributed by atoms with Gasteiger partial charge in [0.05, 0.1) is 6.04 Å². The molecule has 1 amide bonds. The number of carbonyl (C=O) groups excluding carboxylic acids is 1. The first-order valence-corrected chi connectivity index (χ1v) is 13.4. The van der Waals surface area contributed by atoms with Gasteiger partial charge in [-0.15, -0.1) is 0 Å². The van der Waals surface area contributed by atoms with E-state index >= 15 is 0 Å². The van der Waals surface area contributed by atoms with Crippen LogP contribution in [0.1, 0.15) is 48.2 Å². The zero-order valence-electron chi connectivity index (χ0n) is 23.6. The highest BCUT2D eigenvalue weighted by Gasteiger charge is 2.32. The molecule has 1 fully saturated rings. The van der Waals surface area contributed by atoms with E-state index in [0.29, 0.717) is 18.3 Å². The van der Waals surface area contributed by atoms with Crippen LogP contribution in [0.5, 0.6) is 5.75 Å². The summed E-state index contributed by atoms with van der Waals surface area (Å²) in [7, 11) is 7.97. The zero-order chi connectivity index (χ0) is 27.2. The summed E-state index contributed by atoms with van der Waals surface area (Å²) in [5, 5.41) is 0. The molecule has 0 radical (unpaired) electrons. The van der Waals surface area contributed by atoms with Crippen molar-refractivity contribution in [2.45, 2.75) is 32.4 Å². The first-order chi connectivity index (χ1) is 18.3. The second-order valence-electron chi connectivity index (χ2n) is 10.4. The fourth-order valence-electron chi connectivity index (χ4n) is 4.94. The van der Waals surface area contributed by atoms with E-state index in [1.165, 1.54) is 27.4 Å². The molecule has 2 aliphatic rings. The van der Waals surface area contributed by atoms with Crippen LogP contribution in [0.3, 0.4) is 0 Å². The average molecular weight is 516 g/mol. The summed E-state index contributed by atoms with van der Waals surface area (Å²) in [6.07, 6.45) is 2.59. The summed E-state index contributed by atoms with van der Waals surface area (Å²) in [6.45, 7) is 7.89.